The summed E-state index contributed by atoms with van der Waals surface area (Å²) < 4.78 is 0. The number of allylic oxidation sites excluding steroid dienone is 5. The molecule has 2 atom stereocenters. The normalized spacial score (nSPS) is 25.2. The summed E-state index contributed by atoms with van der Waals surface area (Å²) in [6.07, 6.45) is 15.0. The SMILES string of the molecule is C1=Cc2ccccc2C2C1=C1CCCCC1=C1C=c3ccccc3=CC12. The second-order valence-electron chi connectivity index (χ2n) is 7.98. The first-order chi connectivity index (χ1) is 12.9. The van der Waals surface area contributed by atoms with E-state index in [2.05, 4.69) is 72.8 Å². The highest BCUT2D eigenvalue weighted by Gasteiger charge is 2.38. The van der Waals surface area contributed by atoms with Gasteiger partial charge in [0, 0.05) is 11.8 Å². The highest BCUT2D eigenvalue weighted by atomic mass is 14.4. The summed E-state index contributed by atoms with van der Waals surface area (Å²) in [5, 5.41) is 2.78. The fourth-order valence-electron chi connectivity index (χ4n) is 5.52. The van der Waals surface area contributed by atoms with Crippen molar-refractivity contribution in [3.05, 3.63) is 98.5 Å². The molecule has 126 valence electrons. The molecule has 1 fully saturated rings. The van der Waals surface area contributed by atoms with Gasteiger partial charge in [0.1, 0.15) is 0 Å². The number of rotatable bonds is 0. The summed E-state index contributed by atoms with van der Waals surface area (Å²) in [6.45, 7) is 0. The molecule has 0 radical (unpaired) electrons. The molecule has 0 amide bonds. The Morgan fingerprint density at radius 3 is 2.31 bits per heavy atom. The maximum Gasteiger partial charge on any atom is 0.0202 e. The van der Waals surface area contributed by atoms with Crippen molar-refractivity contribution in [3.63, 3.8) is 0 Å². The van der Waals surface area contributed by atoms with E-state index in [1.54, 1.807) is 22.3 Å². The predicted molar refractivity (Wildman–Crippen MR) is 109 cm³/mol. The Balaban J connectivity index is 1.69. The second-order valence-corrected chi connectivity index (χ2v) is 7.98. The van der Waals surface area contributed by atoms with Crippen LogP contribution >= 0.6 is 0 Å². The van der Waals surface area contributed by atoms with E-state index in [9.17, 15) is 0 Å². The van der Waals surface area contributed by atoms with Crippen molar-refractivity contribution < 1.29 is 0 Å². The Kier molecular flexibility index (Phi) is 3.05. The maximum absolute atomic E-state index is 2.55. The number of hydrogen-bond acceptors (Lipinski definition) is 0. The lowest BCUT2D eigenvalue weighted by Gasteiger charge is -2.41. The van der Waals surface area contributed by atoms with Crippen LogP contribution in [-0.4, -0.2) is 0 Å². The fraction of sp³-hybridized carbons (Fsp3) is 0.231. The molecule has 0 aliphatic heterocycles. The third-order valence-electron chi connectivity index (χ3n) is 6.66. The number of benzene rings is 2. The zero-order valence-corrected chi connectivity index (χ0v) is 14.9. The van der Waals surface area contributed by atoms with Gasteiger partial charge >= 0.3 is 0 Å². The topological polar surface area (TPSA) is 0 Å². The van der Waals surface area contributed by atoms with Crippen LogP contribution in [0.5, 0.6) is 0 Å². The van der Waals surface area contributed by atoms with Gasteiger partial charge in [-0.1, -0.05) is 72.8 Å². The van der Waals surface area contributed by atoms with Crippen LogP contribution in [0.25, 0.3) is 18.2 Å². The smallest absolute Gasteiger partial charge is 0.0202 e. The molecule has 26 heavy (non-hydrogen) atoms. The Labute approximate surface area is 154 Å². The molecule has 1 saturated carbocycles. The van der Waals surface area contributed by atoms with Crippen molar-refractivity contribution in [1.82, 2.24) is 0 Å². The van der Waals surface area contributed by atoms with Crippen LogP contribution in [-0.2, 0) is 0 Å². The minimum Gasteiger partial charge on any atom is -0.0682 e. The Bertz CT molecular complexity index is 1140. The van der Waals surface area contributed by atoms with E-state index in [0.717, 1.165) is 0 Å². The number of hydrogen-bond donors (Lipinski definition) is 0. The summed E-state index contributed by atoms with van der Waals surface area (Å²) in [5.74, 6) is 0.954. The molecular formula is C26H22. The van der Waals surface area contributed by atoms with Gasteiger partial charge in [-0.25, -0.2) is 0 Å². The molecule has 0 heterocycles. The Morgan fingerprint density at radius 1 is 0.692 bits per heavy atom. The van der Waals surface area contributed by atoms with Gasteiger partial charge in [0.05, 0.1) is 0 Å². The predicted octanol–water partition coefficient (Wildman–Crippen LogP) is 4.87. The molecule has 0 N–H and O–H groups in total. The van der Waals surface area contributed by atoms with Gasteiger partial charge in [0.25, 0.3) is 0 Å². The molecule has 4 aliphatic rings. The lowest BCUT2D eigenvalue weighted by atomic mass is 9.63. The van der Waals surface area contributed by atoms with Crippen LogP contribution in [0.1, 0.15) is 42.7 Å². The van der Waals surface area contributed by atoms with Crippen LogP contribution in [0, 0.1) is 5.92 Å². The summed E-state index contributed by atoms with van der Waals surface area (Å²) in [6, 6.07) is 17.9. The van der Waals surface area contributed by atoms with E-state index in [4.69, 9.17) is 0 Å². The largest absolute Gasteiger partial charge is 0.0682 e. The van der Waals surface area contributed by atoms with Crippen molar-refractivity contribution in [2.24, 2.45) is 5.92 Å². The molecule has 0 nitrogen and oxygen atoms in total. The van der Waals surface area contributed by atoms with Crippen molar-refractivity contribution in [3.8, 4) is 0 Å². The summed E-state index contributed by atoms with van der Waals surface area (Å²) in [5.41, 5.74) is 9.40. The quantitative estimate of drug-likeness (QED) is 0.645. The maximum atomic E-state index is 2.55. The van der Waals surface area contributed by atoms with Gasteiger partial charge in [-0.2, -0.15) is 0 Å². The highest BCUT2D eigenvalue weighted by Crippen LogP contribution is 2.53. The molecule has 0 aromatic heterocycles. The second kappa shape index (κ2) is 5.45. The van der Waals surface area contributed by atoms with E-state index < -0.39 is 0 Å². The van der Waals surface area contributed by atoms with Crippen LogP contribution in [0.15, 0.2) is 76.9 Å². The van der Waals surface area contributed by atoms with Crippen molar-refractivity contribution in [2.75, 3.05) is 0 Å². The van der Waals surface area contributed by atoms with Gasteiger partial charge in [-0.15, -0.1) is 0 Å². The van der Waals surface area contributed by atoms with Crippen LogP contribution < -0.4 is 10.4 Å². The third-order valence-corrected chi connectivity index (χ3v) is 6.66. The Morgan fingerprint density at radius 2 is 1.42 bits per heavy atom. The van der Waals surface area contributed by atoms with E-state index in [0.29, 0.717) is 11.8 Å². The average Bonchev–Trinajstić information content (AvgIpc) is 2.72. The zero-order chi connectivity index (χ0) is 17.1. The third kappa shape index (κ3) is 1.96. The standard InChI is InChI=1S/C26H22/c1-2-9-19-16-25-24(15-18(19)8-1)22-12-6-5-11-21(22)23-14-13-17-7-3-4-10-20(17)26(23)25/h1-4,7-10,13-16,25-26H,5-6,11-12H2. The van der Waals surface area contributed by atoms with Gasteiger partial charge in [0.2, 0.25) is 0 Å². The minimum absolute atomic E-state index is 0.475. The van der Waals surface area contributed by atoms with Crippen LogP contribution in [0.3, 0.4) is 0 Å². The summed E-state index contributed by atoms with van der Waals surface area (Å²) >= 11 is 0. The van der Waals surface area contributed by atoms with Gasteiger partial charge in [0.15, 0.2) is 0 Å². The molecule has 0 saturated heterocycles. The molecule has 2 aromatic rings. The van der Waals surface area contributed by atoms with Crippen molar-refractivity contribution >= 4 is 18.2 Å². The fourth-order valence-corrected chi connectivity index (χ4v) is 5.52. The van der Waals surface area contributed by atoms with Crippen LogP contribution in [0.4, 0.5) is 0 Å². The molecule has 0 heteroatoms. The lowest BCUT2D eigenvalue weighted by molar-refractivity contribution is 0.599. The number of fused-ring (bicyclic) bond motifs is 7. The first-order valence-corrected chi connectivity index (χ1v) is 9.92. The molecule has 2 aromatic carbocycles. The van der Waals surface area contributed by atoms with E-state index >= 15 is 0 Å². The molecule has 0 bridgehead atoms. The van der Waals surface area contributed by atoms with Crippen LogP contribution in [0.2, 0.25) is 0 Å². The van der Waals surface area contributed by atoms with Gasteiger partial charge in [-0.3, -0.25) is 0 Å². The van der Waals surface area contributed by atoms with E-state index in [1.165, 1.54) is 47.2 Å². The van der Waals surface area contributed by atoms with Crippen molar-refractivity contribution in [2.45, 2.75) is 31.6 Å². The van der Waals surface area contributed by atoms with E-state index in [-0.39, 0.29) is 0 Å². The van der Waals surface area contributed by atoms with Crippen molar-refractivity contribution in [1.29, 1.82) is 0 Å². The first-order valence-electron chi connectivity index (χ1n) is 9.92. The molecule has 0 spiro atoms. The van der Waals surface area contributed by atoms with E-state index in [1.807, 2.05) is 0 Å². The zero-order valence-electron chi connectivity index (χ0n) is 14.9. The summed E-state index contributed by atoms with van der Waals surface area (Å²) in [4.78, 5) is 0. The summed E-state index contributed by atoms with van der Waals surface area (Å²) in [7, 11) is 0. The minimum atomic E-state index is 0.475. The van der Waals surface area contributed by atoms with Gasteiger partial charge < -0.3 is 0 Å². The molecule has 4 aliphatic carbocycles. The van der Waals surface area contributed by atoms with Gasteiger partial charge in [-0.05, 0) is 69.5 Å². The molecule has 2 unspecified atom stereocenters. The average molecular weight is 334 g/mol. The molecular weight excluding hydrogens is 312 g/mol. The lowest BCUT2D eigenvalue weighted by Crippen LogP contribution is -2.35. The first kappa shape index (κ1) is 14.6. The highest BCUT2D eigenvalue weighted by molar-refractivity contribution is 5.75. The Hall–Kier alpha value is -2.60. The molecule has 6 rings (SSSR count). The monoisotopic (exact) mass is 334 g/mol.